The fourth-order valence-corrected chi connectivity index (χ4v) is 3.20. The van der Waals surface area contributed by atoms with Crippen molar-refractivity contribution in [3.8, 4) is 11.4 Å². The lowest BCUT2D eigenvalue weighted by atomic mass is 10.1. The number of aromatic nitrogens is 2. The molecule has 0 saturated heterocycles. The number of para-hydroxylation sites is 2. The van der Waals surface area contributed by atoms with Gasteiger partial charge in [-0.2, -0.15) is 0 Å². The Bertz CT molecular complexity index is 935. The van der Waals surface area contributed by atoms with E-state index in [1.165, 1.54) is 21.9 Å². The minimum Gasteiger partial charge on any atom is -0.246 e. The Morgan fingerprint density at radius 2 is 1.10 bits per heavy atom. The zero-order valence-corrected chi connectivity index (χ0v) is 11.4. The first-order valence-corrected chi connectivity index (χ1v) is 7.16. The van der Waals surface area contributed by atoms with Crippen molar-refractivity contribution in [1.29, 1.82) is 0 Å². The van der Waals surface area contributed by atoms with Gasteiger partial charge in [0.25, 0.3) is 0 Å². The van der Waals surface area contributed by atoms with Crippen LogP contribution in [0, 0.1) is 0 Å². The number of fused-ring (bicyclic) bond motifs is 5. The molecule has 0 N–H and O–H groups in total. The summed E-state index contributed by atoms with van der Waals surface area (Å²) >= 11 is 0. The van der Waals surface area contributed by atoms with Crippen molar-refractivity contribution >= 4 is 21.8 Å². The smallest absolute Gasteiger partial charge is 0.0932 e. The molecule has 98 valence electrons. The first-order valence-electron chi connectivity index (χ1n) is 7.16. The van der Waals surface area contributed by atoms with E-state index in [0.717, 1.165) is 28.8 Å². The number of rotatable bonds is 0. The molecule has 21 heavy (non-hydrogen) atoms. The molecule has 2 aromatic carbocycles. The highest BCUT2D eigenvalue weighted by Gasteiger charge is 2.22. The summed E-state index contributed by atoms with van der Waals surface area (Å²) in [5.74, 6) is 0. The van der Waals surface area contributed by atoms with E-state index in [0.29, 0.717) is 0 Å². The molecule has 0 fully saturated rings. The van der Waals surface area contributed by atoms with E-state index in [4.69, 9.17) is 9.97 Å². The Hall–Kier alpha value is -2.74. The maximum absolute atomic E-state index is 4.84. The lowest BCUT2D eigenvalue weighted by molar-refractivity contribution is 1.25. The topological polar surface area (TPSA) is 25.8 Å². The molecular formula is C19H12N2. The standard InChI is InChI=1S/C19H12N2/c1-3-7-16-12(5-1)9-14-11-15-10-13-6-2-4-8-17(13)21-19(15)18(14)20-16/h1-10H,11H2. The first-order chi connectivity index (χ1) is 10.4. The Balaban J connectivity index is 1.84. The van der Waals surface area contributed by atoms with Gasteiger partial charge in [-0.3, -0.25) is 0 Å². The fourth-order valence-electron chi connectivity index (χ4n) is 3.20. The largest absolute Gasteiger partial charge is 0.246 e. The van der Waals surface area contributed by atoms with Gasteiger partial charge in [0.1, 0.15) is 0 Å². The predicted molar refractivity (Wildman–Crippen MR) is 85.3 cm³/mol. The lowest BCUT2D eigenvalue weighted by Gasteiger charge is -2.04. The molecule has 0 spiro atoms. The monoisotopic (exact) mass is 268 g/mol. The predicted octanol–water partition coefficient (Wildman–Crippen LogP) is 4.35. The summed E-state index contributed by atoms with van der Waals surface area (Å²) in [5.41, 5.74) is 6.75. The van der Waals surface area contributed by atoms with E-state index in [1.807, 2.05) is 12.1 Å². The molecule has 0 saturated carbocycles. The Morgan fingerprint density at radius 1 is 0.619 bits per heavy atom. The van der Waals surface area contributed by atoms with Gasteiger partial charge in [-0.15, -0.1) is 0 Å². The van der Waals surface area contributed by atoms with Gasteiger partial charge in [-0.1, -0.05) is 36.4 Å². The van der Waals surface area contributed by atoms with E-state index in [2.05, 4.69) is 48.5 Å². The highest BCUT2D eigenvalue weighted by Crippen LogP contribution is 2.36. The first kappa shape index (κ1) is 11.0. The van der Waals surface area contributed by atoms with Gasteiger partial charge in [-0.05, 0) is 35.4 Å². The third kappa shape index (κ3) is 1.53. The summed E-state index contributed by atoms with van der Waals surface area (Å²) in [4.78, 5) is 9.68. The minimum absolute atomic E-state index is 0.931. The van der Waals surface area contributed by atoms with Gasteiger partial charge in [0.15, 0.2) is 0 Å². The van der Waals surface area contributed by atoms with Crippen molar-refractivity contribution < 1.29 is 0 Å². The van der Waals surface area contributed by atoms with Crippen molar-refractivity contribution in [3.63, 3.8) is 0 Å². The Morgan fingerprint density at radius 3 is 1.62 bits per heavy atom. The molecule has 0 aliphatic heterocycles. The molecule has 5 rings (SSSR count). The van der Waals surface area contributed by atoms with Crippen molar-refractivity contribution in [2.45, 2.75) is 6.42 Å². The summed E-state index contributed by atoms with van der Waals surface area (Å²) < 4.78 is 0. The van der Waals surface area contributed by atoms with Crippen LogP contribution < -0.4 is 0 Å². The third-order valence-electron chi connectivity index (χ3n) is 4.21. The molecule has 4 aromatic rings. The highest BCUT2D eigenvalue weighted by atomic mass is 14.8. The SMILES string of the molecule is c1ccc2nc3c(cc2c1)Cc1cc2ccccc2nc1-3. The average Bonchev–Trinajstić information content (AvgIpc) is 2.87. The molecule has 0 unspecified atom stereocenters. The van der Waals surface area contributed by atoms with Crippen molar-refractivity contribution in [1.82, 2.24) is 9.97 Å². The summed E-state index contributed by atoms with van der Waals surface area (Å²) in [7, 11) is 0. The molecule has 1 aliphatic rings. The van der Waals surface area contributed by atoms with Crippen LogP contribution in [0.2, 0.25) is 0 Å². The molecule has 2 heterocycles. The van der Waals surface area contributed by atoms with E-state index < -0.39 is 0 Å². The summed E-state index contributed by atoms with van der Waals surface area (Å²) in [6, 6.07) is 21.1. The highest BCUT2D eigenvalue weighted by molar-refractivity contribution is 5.89. The molecule has 2 heteroatoms. The minimum atomic E-state index is 0.931. The van der Waals surface area contributed by atoms with Gasteiger partial charge in [0.05, 0.1) is 22.4 Å². The quantitative estimate of drug-likeness (QED) is 0.417. The molecule has 0 amide bonds. The Kier molecular flexibility index (Phi) is 2.03. The van der Waals surface area contributed by atoms with Gasteiger partial charge >= 0.3 is 0 Å². The number of benzene rings is 2. The molecule has 2 nitrogen and oxygen atoms in total. The molecule has 0 radical (unpaired) electrons. The van der Waals surface area contributed by atoms with Crippen LogP contribution in [0.1, 0.15) is 11.1 Å². The van der Waals surface area contributed by atoms with Crippen molar-refractivity contribution in [2.24, 2.45) is 0 Å². The number of pyridine rings is 2. The van der Waals surface area contributed by atoms with E-state index >= 15 is 0 Å². The van der Waals surface area contributed by atoms with Gasteiger partial charge in [0, 0.05) is 17.2 Å². The molecular weight excluding hydrogens is 256 g/mol. The van der Waals surface area contributed by atoms with Crippen LogP contribution in [0.15, 0.2) is 60.7 Å². The van der Waals surface area contributed by atoms with E-state index in [1.54, 1.807) is 0 Å². The second-order valence-electron chi connectivity index (χ2n) is 5.55. The van der Waals surface area contributed by atoms with E-state index in [9.17, 15) is 0 Å². The van der Waals surface area contributed by atoms with E-state index in [-0.39, 0.29) is 0 Å². The molecule has 0 atom stereocenters. The van der Waals surface area contributed by atoms with Crippen LogP contribution in [0.25, 0.3) is 33.2 Å². The normalized spacial score (nSPS) is 12.6. The third-order valence-corrected chi connectivity index (χ3v) is 4.21. The molecule has 2 aromatic heterocycles. The lowest BCUT2D eigenvalue weighted by Crippen LogP contribution is -1.89. The van der Waals surface area contributed by atoms with Gasteiger partial charge in [0.2, 0.25) is 0 Å². The van der Waals surface area contributed by atoms with Crippen molar-refractivity contribution in [3.05, 3.63) is 71.8 Å². The average molecular weight is 268 g/mol. The maximum Gasteiger partial charge on any atom is 0.0932 e. The fraction of sp³-hybridized carbons (Fsp3) is 0.0526. The van der Waals surface area contributed by atoms with Crippen LogP contribution in [0.3, 0.4) is 0 Å². The summed E-state index contributed by atoms with van der Waals surface area (Å²) in [6.07, 6.45) is 0.931. The number of hydrogen-bond donors (Lipinski definition) is 0. The second kappa shape index (κ2) is 3.89. The van der Waals surface area contributed by atoms with Gasteiger partial charge < -0.3 is 0 Å². The Labute approximate surface area is 122 Å². The van der Waals surface area contributed by atoms with Gasteiger partial charge in [-0.25, -0.2) is 9.97 Å². The second-order valence-corrected chi connectivity index (χ2v) is 5.55. The van der Waals surface area contributed by atoms with Crippen LogP contribution in [0.5, 0.6) is 0 Å². The zero-order chi connectivity index (χ0) is 13.8. The summed E-state index contributed by atoms with van der Waals surface area (Å²) in [5, 5.41) is 2.40. The number of nitrogens with zero attached hydrogens (tertiary/aromatic N) is 2. The molecule has 0 bridgehead atoms. The summed E-state index contributed by atoms with van der Waals surface area (Å²) in [6.45, 7) is 0. The maximum atomic E-state index is 4.84. The van der Waals surface area contributed by atoms with Crippen LogP contribution in [-0.2, 0) is 6.42 Å². The van der Waals surface area contributed by atoms with Crippen molar-refractivity contribution in [2.75, 3.05) is 0 Å². The molecule has 1 aliphatic carbocycles. The van der Waals surface area contributed by atoms with Crippen LogP contribution in [-0.4, -0.2) is 9.97 Å². The zero-order valence-electron chi connectivity index (χ0n) is 11.4. The van der Waals surface area contributed by atoms with Crippen LogP contribution >= 0.6 is 0 Å². The number of hydrogen-bond acceptors (Lipinski definition) is 2. The van der Waals surface area contributed by atoms with Crippen LogP contribution in [0.4, 0.5) is 0 Å².